The van der Waals surface area contributed by atoms with Gasteiger partial charge in [-0.15, -0.1) is 0 Å². The normalized spacial score (nSPS) is 11.7. The molecule has 0 radical (unpaired) electrons. The van der Waals surface area contributed by atoms with Crippen molar-refractivity contribution in [1.82, 2.24) is 9.97 Å². The lowest BCUT2D eigenvalue weighted by Gasteiger charge is -2.24. The summed E-state index contributed by atoms with van der Waals surface area (Å²) in [6.45, 7) is 8.34. The summed E-state index contributed by atoms with van der Waals surface area (Å²) in [5.41, 5.74) is 5.16. The number of aromatic nitrogens is 2. The minimum absolute atomic E-state index is 0.0120. The zero-order valence-electron chi connectivity index (χ0n) is 19.4. The molecule has 2 aromatic heterocycles. The second kappa shape index (κ2) is 8.39. The van der Waals surface area contributed by atoms with E-state index < -0.39 is 0 Å². The van der Waals surface area contributed by atoms with Crippen molar-refractivity contribution < 1.29 is 0 Å². The van der Waals surface area contributed by atoms with E-state index in [9.17, 15) is 9.59 Å². The van der Waals surface area contributed by atoms with Crippen LogP contribution in [0.4, 0.5) is 5.69 Å². The minimum atomic E-state index is -0.0137. The molecule has 2 N–H and O–H groups in total. The first-order valence-corrected chi connectivity index (χ1v) is 11.9. The molecule has 0 aliphatic carbocycles. The zero-order chi connectivity index (χ0) is 23.1. The van der Waals surface area contributed by atoms with Crippen molar-refractivity contribution in [1.29, 1.82) is 0 Å². The maximum atomic E-state index is 13.6. The molecule has 5 nitrogen and oxygen atoms in total. The Hall–Kier alpha value is -3.60. The van der Waals surface area contributed by atoms with Crippen LogP contribution in [-0.4, -0.2) is 23.1 Å². The van der Waals surface area contributed by atoms with Crippen molar-refractivity contribution in [2.75, 3.05) is 18.0 Å². The zero-order valence-corrected chi connectivity index (χ0v) is 19.4. The summed E-state index contributed by atoms with van der Waals surface area (Å²) in [7, 11) is 0. The molecule has 33 heavy (non-hydrogen) atoms. The number of anilines is 1. The topological polar surface area (TPSA) is 69.0 Å². The molecule has 0 aliphatic rings. The van der Waals surface area contributed by atoms with Crippen LogP contribution in [0.25, 0.3) is 43.6 Å². The highest BCUT2D eigenvalue weighted by molar-refractivity contribution is 6.03. The lowest BCUT2D eigenvalue weighted by Crippen LogP contribution is -2.25. The third-order valence-corrected chi connectivity index (χ3v) is 6.55. The molecule has 0 saturated heterocycles. The molecule has 5 heteroatoms. The van der Waals surface area contributed by atoms with Crippen LogP contribution in [0.3, 0.4) is 0 Å². The Balaban J connectivity index is 1.79. The van der Waals surface area contributed by atoms with Crippen molar-refractivity contribution in [2.24, 2.45) is 0 Å². The molecule has 0 atom stereocenters. The number of H-pyrrole nitrogens is 2. The van der Waals surface area contributed by atoms with E-state index in [0.29, 0.717) is 32.6 Å². The predicted octanol–water partition coefficient (Wildman–Crippen LogP) is 5.86. The van der Waals surface area contributed by atoms with Crippen molar-refractivity contribution in [3.63, 3.8) is 0 Å². The molecule has 2 heterocycles. The van der Waals surface area contributed by atoms with E-state index in [1.165, 1.54) is 0 Å². The standard InChI is InChI=1S/C28H29N3O2/c1-4-12-31(13-5-2)18-10-11-23-20(14-18)28(33)21-16-25-22(15-24(21)29-23)27(32)19-9-7-8-17(6-3)26(19)30-25/h7-11,14-16H,4-6,12-13H2,1-3H3,(H,29,33)(H,30,32). The molecule has 3 aromatic carbocycles. The van der Waals surface area contributed by atoms with Gasteiger partial charge < -0.3 is 14.9 Å². The van der Waals surface area contributed by atoms with Crippen LogP contribution in [0.5, 0.6) is 0 Å². The van der Waals surface area contributed by atoms with Crippen molar-refractivity contribution >= 4 is 49.3 Å². The second-order valence-corrected chi connectivity index (χ2v) is 8.76. The van der Waals surface area contributed by atoms with Crippen LogP contribution in [0.2, 0.25) is 0 Å². The molecule has 5 rings (SSSR count). The average Bonchev–Trinajstić information content (AvgIpc) is 2.83. The van der Waals surface area contributed by atoms with Gasteiger partial charge in [0.15, 0.2) is 10.9 Å². The quantitative estimate of drug-likeness (QED) is 0.325. The summed E-state index contributed by atoms with van der Waals surface area (Å²) in [4.78, 5) is 36.0. The number of para-hydroxylation sites is 1. The Bertz CT molecular complexity index is 1620. The van der Waals surface area contributed by atoms with Gasteiger partial charge in [-0.1, -0.05) is 32.9 Å². The number of fused-ring (bicyclic) bond motifs is 4. The van der Waals surface area contributed by atoms with E-state index in [1.807, 2.05) is 42.5 Å². The molecule has 168 valence electrons. The largest absolute Gasteiger partial charge is 0.372 e. The lowest BCUT2D eigenvalue weighted by atomic mass is 10.0. The third-order valence-electron chi connectivity index (χ3n) is 6.55. The SMILES string of the molecule is CCCN(CCC)c1ccc2[nH]c3cc4c(=O)c5cccc(CC)c5[nH]c4cc3c(=O)c2c1. The van der Waals surface area contributed by atoms with Crippen LogP contribution in [-0.2, 0) is 6.42 Å². The monoisotopic (exact) mass is 439 g/mol. The van der Waals surface area contributed by atoms with Crippen molar-refractivity contribution in [3.8, 4) is 0 Å². The number of hydrogen-bond donors (Lipinski definition) is 2. The number of rotatable bonds is 6. The third kappa shape index (κ3) is 3.48. The minimum Gasteiger partial charge on any atom is -0.372 e. The summed E-state index contributed by atoms with van der Waals surface area (Å²) in [5, 5.41) is 2.54. The Morgan fingerprint density at radius 2 is 1.33 bits per heavy atom. The summed E-state index contributed by atoms with van der Waals surface area (Å²) >= 11 is 0. The fourth-order valence-corrected chi connectivity index (χ4v) is 4.92. The van der Waals surface area contributed by atoms with Gasteiger partial charge >= 0.3 is 0 Å². The Morgan fingerprint density at radius 1 is 0.697 bits per heavy atom. The highest BCUT2D eigenvalue weighted by Gasteiger charge is 2.13. The lowest BCUT2D eigenvalue weighted by molar-refractivity contribution is 0.745. The Labute approximate surface area is 192 Å². The van der Waals surface area contributed by atoms with Gasteiger partial charge in [0.2, 0.25) is 0 Å². The van der Waals surface area contributed by atoms with E-state index in [-0.39, 0.29) is 10.9 Å². The van der Waals surface area contributed by atoms with Gasteiger partial charge in [-0.3, -0.25) is 9.59 Å². The number of nitrogens with zero attached hydrogens (tertiary/aromatic N) is 1. The first-order valence-electron chi connectivity index (χ1n) is 11.9. The number of pyridine rings is 2. The van der Waals surface area contributed by atoms with E-state index in [0.717, 1.165) is 54.6 Å². The maximum absolute atomic E-state index is 13.6. The first kappa shape index (κ1) is 21.3. The molecule has 0 saturated carbocycles. The summed E-state index contributed by atoms with van der Waals surface area (Å²) in [5.74, 6) is 0. The van der Waals surface area contributed by atoms with Crippen LogP contribution < -0.4 is 15.8 Å². The van der Waals surface area contributed by atoms with Gasteiger partial charge in [0, 0.05) is 45.8 Å². The first-order chi connectivity index (χ1) is 16.0. The smallest absolute Gasteiger partial charge is 0.197 e. The van der Waals surface area contributed by atoms with E-state index in [2.05, 4.69) is 41.7 Å². The molecule has 0 spiro atoms. The molecular formula is C28H29N3O2. The number of nitrogens with one attached hydrogen (secondary N) is 2. The van der Waals surface area contributed by atoms with Gasteiger partial charge in [0.25, 0.3) is 0 Å². The second-order valence-electron chi connectivity index (χ2n) is 8.76. The molecule has 0 bridgehead atoms. The average molecular weight is 440 g/mol. The highest BCUT2D eigenvalue weighted by atomic mass is 16.1. The van der Waals surface area contributed by atoms with Gasteiger partial charge in [0.1, 0.15) is 0 Å². The van der Waals surface area contributed by atoms with E-state index in [1.54, 1.807) is 0 Å². The number of aryl methyl sites for hydroxylation is 1. The van der Waals surface area contributed by atoms with Crippen molar-refractivity contribution in [2.45, 2.75) is 40.0 Å². The van der Waals surface area contributed by atoms with Crippen LogP contribution >= 0.6 is 0 Å². The van der Waals surface area contributed by atoms with Gasteiger partial charge in [-0.2, -0.15) is 0 Å². The van der Waals surface area contributed by atoms with E-state index in [4.69, 9.17) is 0 Å². The fourth-order valence-electron chi connectivity index (χ4n) is 4.92. The Morgan fingerprint density at radius 3 is 2.00 bits per heavy atom. The van der Waals surface area contributed by atoms with Gasteiger partial charge in [0.05, 0.1) is 16.6 Å². The Kier molecular flexibility index (Phi) is 5.41. The van der Waals surface area contributed by atoms with Crippen molar-refractivity contribution in [3.05, 3.63) is 74.5 Å². The number of hydrogen-bond acceptors (Lipinski definition) is 3. The molecule has 0 aliphatic heterocycles. The van der Waals surface area contributed by atoms with Gasteiger partial charge in [-0.05, 0) is 61.2 Å². The van der Waals surface area contributed by atoms with Gasteiger partial charge in [-0.25, -0.2) is 0 Å². The molecule has 5 aromatic rings. The summed E-state index contributed by atoms with van der Waals surface area (Å²) in [6.07, 6.45) is 2.94. The predicted molar refractivity (Wildman–Crippen MR) is 140 cm³/mol. The molecule has 0 fully saturated rings. The van der Waals surface area contributed by atoms with Crippen LogP contribution in [0, 0.1) is 0 Å². The maximum Gasteiger partial charge on any atom is 0.197 e. The highest BCUT2D eigenvalue weighted by Crippen LogP contribution is 2.25. The summed E-state index contributed by atoms with van der Waals surface area (Å²) in [6, 6.07) is 15.5. The molecule has 0 unspecified atom stereocenters. The number of aromatic amines is 2. The fraction of sp³-hybridized carbons (Fsp3) is 0.286. The molecule has 0 amide bonds. The van der Waals surface area contributed by atoms with E-state index >= 15 is 0 Å². The van der Waals surface area contributed by atoms with Crippen LogP contribution in [0.1, 0.15) is 39.2 Å². The number of benzene rings is 3. The summed E-state index contributed by atoms with van der Waals surface area (Å²) < 4.78 is 0. The molecular weight excluding hydrogens is 410 g/mol. The van der Waals surface area contributed by atoms with Crippen LogP contribution in [0.15, 0.2) is 58.1 Å².